The van der Waals surface area contributed by atoms with Gasteiger partial charge >= 0.3 is 5.97 Å². The first kappa shape index (κ1) is 15.0. The average molecular weight is 281 g/mol. The third-order valence-electron chi connectivity index (χ3n) is 2.91. The van der Waals surface area contributed by atoms with Gasteiger partial charge in [-0.25, -0.2) is 0 Å². The zero-order chi connectivity index (χ0) is 14.6. The van der Waals surface area contributed by atoms with E-state index in [1.807, 2.05) is 6.07 Å². The third kappa shape index (κ3) is 3.70. The van der Waals surface area contributed by atoms with E-state index in [4.69, 9.17) is 22.0 Å². The van der Waals surface area contributed by atoms with Crippen molar-refractivity contribution in [1.82, 2.24) is 0 Å². The summed E-state index contributed by atoms with van der Waals surface area (Å²) in [6.07, 6.45) is 0. The molecule has 2 atom stereocenters. The average Bonchev–Trinajstić information content (AvgIpc) is 2.38. The summed E-state index contributed by atoms with van der Waals surface area (Å²) in [5, 5.41) is 20.5. The Balaban J connectivity index is 2.83. The number of carbonyl (C=O) groups excluding carboxylic acids is 1. The van der Waals surface area contributed by atoms with Crippen molar-refractivity contribution in [3.8, 4) is 6.07 Å². The molecule has 2 unspecified atom stereocenters. The molecule has 5 nitrogen and oxygen atoms in total. The zero-order valence-corrected chi connectivity index (χ0v) is 11.2. The van der Waals surface area contributed by atoms with E-state index in [1.54, 1.807) is 6.07 Å². The van der Waals surface area contributed by atoms with Gasteiger partial charge in [-0.15, -0.1) is 0 Å². The van der Waals surface area contributed by atoms with Gasteiger partial charge in [-0.3, -0.25) is 9.59 Å². The van der Waals surface area contributed by atoms with Crippen molar-refractivity contribution in [2.75, 3.05) is 5.32 Å². The van der Waals surface area contributed by atoms with Crippen LogP contribution in [0, 0.1) is 23.2 Å². The molecule has 0 heterocycles. The van der Waals surface area contributed by atoms with Crippen molar-refractivity contribution < 1.29 is 14.7 Å². The number of nitriles is 1. The quantitative estimate of drug-likeness (QED) is 0.886. The summed E-state index contributed by atoms with van der Waals surface area (Å²) in [4.78, 5) is 22.7. The Kier molecular flexibility index (Phi) is 4.90. The van der Waals surface area contributed by atoms with Crippen LogP contribution in [0.15, 0.2) is 18.2 Å². The summed E-state index contributed by atoms with van der Waals surface area (Å²) in [5.41, 5.74) is 0.661. The van der Waals surface area contributed by atoms with Crippen molar-refractivity contribution >= 4 is 29.2 Å². The van der Waals surface area contributed by atoms with E-state index in [0.717, 1.165) is 0 Å². The number of carboxylic acids is 1. The van der Waals surface area contributed by atoms with Crippen LogP contribution < -0.4 is 5.32 Å². The molecule has 0 spiro atoms. The van der Waals surface area contributed by atoms with E-state index in [2.05, 4.69) is 5.32 Å². The molecule has 0 aliphatic carbocycles. The molecule has 0 saturated carbocycles. The predicted molar refractivity (Wildman–Crippen MR) is 70.8 cm³/mol. The third-order valence-corrected chi connectivity index (χ3v) is 3.24. The Hall–Kier alpha value is -2.06. The second kappa shape index (κ2) is 6.21. The number of aliphatic carboxylic acids is 1. The molecule has 0 aliphatic heterocycles. The number of hydrogen-bond acceptors (Lipinski definition) is 3. The van der Waals surface area contributed by atoms with Crippen LogP contribution >= 0.6 is 11.6 Å². The van der Waals surface area contributed by atoms with Crippen LogP contribution in [-0.4, -0.2) is 17.0 Å². The molecule has 0 radical (unpaired) electrons. The molecule has 0 fully saturated rings. The van der Waals surface area contributed by atoms with Gasteiger partial charge in [0.05, 0.1) is 16.5 Å². The van der Waals surface area contributed by atoms with Gasteiger partial charge in [0.1, 0.15) is 6.07 Å². The van der Waals surface area contributed by atoms with Crippen molar-refractivity contribution in [1.29, 1.82) is 5.26 Å². The number of rotatable bonds is 4. The molecular weight excluding hydrogens is 268 g/mol. The van der Waals surface area contributed by atoms with Gasteiger partial charge in [0.15, 0.2) is 0 Å². The summed E-state index contributed by atoms with van der Waals surface area (Å²) in [6.45, 7) is 3.00. The van der Waals surface area contributed by atoms with Crippen LogP contribution in [-0.2, 0) is 9.59 Å². The molecule has 2 N–H and O–H groups in total. The van der Waals surface area contributed by atoms with E-state index in [1.165, 1.54) is 26.0 Å². The minimum absolute atomic E-state index is 0.249. The molecule has 100 valence electrons. The topological polar surface area (TPSA) is 90.2 Å². The summed E-state index contributed by atoms with van der Waals surface area (Å²) in [7, 11) is 0. The van der Waals surface area contributed by atoms with Crippen LogP contribution in [0.5, 0.6) is 0 Å². The van der Waals surface area contributed by atoms with Crippen molar-refractivity contribution in [3.63, 3.8) is 0 Å². The van der Waals surface area contributed by atoms with E-state index < -0.39 is 23.7 Å². The Morgan fingerprint density at radius 2 is 2.00 bits per heavy atom. The first-order chi connectivity index (χ1) is 8.86. The van der Waals surface area contributed by atoms with Crippen molar-refractivity contribution in [2.24, 2.45) is 11.8 Å². The van der Waals surface area contributed by atoms with Gasteiger partial charge < -0.3 is 10.4 Å². The monoisotopic (exact) mass is 280 g/mol. The first-order valence-electron chi connectivity index (χ1n) is 5.60. The minimum atomic E-state index is -1.03. The fourth-order valence-electron chi connectivity index (χ4n) is 1.39. The molecule has 19 heavy (non-hydrogen) atoms. The fourth-order valence-corrected chi connectivity index (χ4v) is 1.55. The van der Waals surface area contributed by atoms with Crippen LogP contribution in [0.3, 0.4) is 0 Å². The Bertz CT molecular complexity index is 551. The number of benzene rings is 1. The van der Waals surface area contributed by atoms with Gasteiger partial charge in [0.2, 0.25) is 5.91 Å². The number of anilines is 1. The van der Waals surface area contributed by atoms with Crippen LogP contribution in [0.2, 0.25) is 5.02 Å². The molecule has 0 aromatic heterocycles. The largest absolute Gasteiger partial charge is 0.481 e. The van der Waals surface area contributed by atoms with Gasteiger partial charge in [-0.05, 0) is 18.2 Å². The molecule has 1 rings (SSSR count). The minimum Gasteiger partial charge on any atom is -0.481 e. The zero-order valence-electron chi connectivity index (χ0n) is 10.5. The number of amides is 1. The maximum atomic E-state index is 11.9. The highest BCUT2D eigenvalue weighted by molar-refractivity contribution is 6.31. The van der Waals surface area contributed by atoms with Gasteiger partial charge in [0, 0.05) is 11.6 Å². The molecule has 1 aromatic carbocycles. The smallest absolute Gasteiger partial charge is 0.307 e. The van der Waals surface area contributed by atoms with Gasteiger partial charge in [0.25, 0.3) is 0 Å². The second-order valence-electron chi connectivity index (χ2n) is 4.21. The first-order valence-corrected chi connectivity index (χ1v) is 5.98. The summed E-state index contributed by atoms with van der Waals surface area (Å²) in [6, 6.07) is 6.40. The van der Waals surface area contributed by atoms with Crippen LogP contribution in [0.1, 0.15) is 19.4 Å². The highest BCUT2D eigenvalue weighted by atomic mass is 35.5. The van der Waals surface area contributed by atoms with E-state index in [-0.39, 0.29) is 5.56 Å². The number of nitrogens with one attached hydrogen (secondary N) is 1. The highest BCUT2D eigenvalue weighted by Crippen LogP contribution is 2.21. The number of nitrogens with zero attached hydrogens (tertiary/aromatic N) is 1. The molecule has 6 heteroatoms. The van der Waals surface area contributed by atoms with Crippen LogP contribution in [0.4, 0.5) is 5.69 Å². The van der Waals surface area contributed by atoms with Gasteiger partial charge in [-0.1, -0.05) is 25.4 Å². The lowest BCUT2D eigenvalue weighted by Crippen LogP contribution is -2.29. The number of hydrogen-bond donors (Lipinski definition) is 2. The van der Waals surface area contributed by atoms with Crippen molar-refractivity contribution in [2.45, 2.75) is 13.8 Å². The number of carboxylic acid groups (broad SMARTS) is 1. The summed E-state index contributed by atoms with van der Waals surface area (Å²) >= 11 is 5.77. The molecule has 1 aromatic rings. The van der Waals surface area contributed by atoms with E-state index >= 15 is 0 Å². The summed E-state index contributed by atoms with van der Waals surface area (Å²) < 4.78 is 0. The lowest BCUT2D eigenvalue weighted by molar-refractivity contribution is -0.145. The summed E-state index contributed by atoms with van der Waals surface area (Å²) in [5.74, 6) is -2.92. The second-order valence-corrected chi connectivity index (χ2v) is 4.62. The predicted octanol–water partition coefficient (Wildman–Crippen LogP) is 2.51. The van der Waals surface area contributed by atoms with E-state index in [9.17, 15) is 9.59 Å². The Morgan fingerprint density at radius 1 is 1.37 bits per heavy atom. The lowest BCUT2D eigenvalue weighted by Gasteiger charge is -2.15. The lowest BCUT2D eigenvalue weighted by atomic mass is 9.95. The molecular formula is C13H13ClN2O3. The maximum Gasteiger partial charge on any atom is 0.307 e. The standard InChI is InChI=1S/C13H13ClN2O3/c1-7(8(2)13(18)19)12(17)16-10-3-4-11(14)9(5-10)6-15/h3-5,7-8H,1-2H3,(H,16,17)(H,18,19). The highest BCUT2D eigenvalue weighted by Gasteiger charge is 2.25. The Morgan fingerprint density at radius 3 is 2.53 bits per heavy atom. The molecule has 1 amide bonds. The van der Waals surface area contributed by atoms with Gasteiger partial charge in [-0.2, -0.15) is 5.26 Å². The SMILES string of the molecule is CC(C(=O)O)C(C)C(=O)Nc1ccc(Cl)c(C#N)c1. The number of halogens is 1. The van der Waals surface area contributed by atoms with Crippen molar-refractivity contribution in [3.05, 3.63) is 28.8 Å². The molecule has 0 aliphatic rings. The van der Waals surface area contributed by atoms with Crippen LogP contribution in [0.25, 0.3) is 0 Å². The normalized spacial score (nSPS) is 13.2. The molecule has 0 bridgehead atoms. The maximum absolute atomic E-state index is 11.9. The fraction of sp³-hybridized carbons (Fsp3) is 0.308. The number of carbonyl (C=O) groups is 2. The Labute approximate surface area is 115 Å². The molecule has 0 saturated heterocycles. The van der Waals surface area contributed by atoms with E-state index in [0.29, 0.717) is 10.7 Å².